The highest BCUT2D eigenvalue weighted by molar-refractivity contribution is 8.21. The van der Waals surface area contributed by atoms with E-state index in [9.17, 15) is 19.5 Å². The standard InChI is InChI=1S/C22H30N2O5S2/c1-3-29-21(28)17(10-9-16-7-5-4-6-8-16)23-15(2)19(25)24-12-11-22(18(24)20(26)27)30-13-14-31-22/h4-8,15,17-18,23H,3,9-14H2,1-2H3,(H,26,27)/t15-,17?,18?/m0/s1. The molecule has 1 amide bonds. The Morgan fingerprint density at radius 2 is 1.94 bits per heavy atom. The maximum absolute atomic E-state index is 13.2. The second-order valence-corrected chi connectivity index (χ2v) is 10.9. The fraction of sp³-hybridized carbons (Fsp3) is 0.591. The number of carbonyl (C=O) groups is 3. The summed E-state index contributed by atoms with van der Waals surface area (Å²) in [6.45, 7) is 4.11. The first kappa shape index (κ1) is 23.9. The van der Waals surface area contributed by atoms with Crippen LogP contribution in [-0.2, 0) is 25.5 Å². The molecule has 2 unspecified atom stereocenters. The molecule has 1 aromatic rings. The van der Waals surface area contributed by atoms with E-state index in [1.807, 2.05) is 30.3 Å². The highest BCUT2D eigenvalue weighted by Crippen LogP contribution is 2.53. The Bertz CT molecular complexity index is 785. The van der Waals surface area contributed by atoms with E-state index in [0.717, 1.165) is 17.1 Å². The molecular formula is C22H30N2O5S2. The van der Waals surface area contributed by atoms with Crippen LogP contribution in [0, 0.1) is 0 Å². The molecule has 3 atom stereocenters. The van der Waals surface area contributed by atoms with E-state index in [0.29, 0.717) is 25.8 Å². The summed E-state index contributed by atoms with van der Waals surface area (Å²) in [5.41, 5.74) is 1.10. The lowest BCUT2D eigenvalue weighted by atomic mass is 10.0. The minimum atomic E-state index is -0.967. The molecule has 2 N–H and O–H groups in total. The molecular weight excluding hydrogens is 436 g/mol. The molecule has 2 aliphatic rings. The third-order valence-electron chi connectivity index (χ3n) is 5.68. The van der Waals surface area contributed by atoms with Crippen LogP contribution in [0.2, 0.25) is 0 Å². The van der Waals surface area contributed by atoms with Gasteiger partial charge in [-0.05, 0) is 38.7 Å². The van der Waals surface area contributed by atoms with Gasteiger partial charge in [0, 0.05) is 18.1 Å². The summed E-state index contributed by atoms with van der Waals surface area (Å²) in [5.74, 6) is 0.147. The average Bonchev–Trinajstić information content (AvgIpc) is 3.38. The highest BCUT2D eigenvalue weighted by atomic mass is 32.2. The van der Waals surface area contributed by atoms with Crippen molar-refractivity contribution in [2.24, 2.45) is 0 Å². The van der Waals surface area contributed by atoms with Crippen molar-refractivity contribution >= 4 is 41.4 Å². The number of ether oxygens (including phenoxy) is 1. The van der Waals surface area contributed by atoms with Crippen LogP contribution in [0.3, 0.4) is 0 Å². The number of nitrogens with one attached hydrogen (secondary N) is 1. The number of amides is 1. The van der Waals surface area contributed by atoms with E-state index < -0.39 is 34.1 Å². The normalized spacial score (nSPS) is 21.7. The van der Waals surface area contributed by atoms with Gasteiger partial charge in [0.05, 0.1) is 16.7 Å². The van der Waals surface area contributed by atoms with Crippen molar-refractivity contribution in [3.8, 4) is 0 Å². The van der Waals surface area contributed by atoms with Crippen LogP contribution >= 0.6 is 23.5 Å². The summed E-state index contributed by atoms with van der Waals surface area (Å²) >= 11 is 3.29. The minimum Gasteiger partial charge on any atom is -0.480 e. The van der Waals surface area contributed by atoms with Gasteiger partial charge in [-0.3, -0.25) is 14.9 Å². The van der Waals surface area contributed by atoms with Crippen molar-refractivity contribution in [2.45, 2.75) is 55.3 Å². The Balaban J connectivity index is 1.68. The maximum Gasteiger partial charge on any atom is 0.328 e. The Morgan fingerprint density at radius 3 is 2.55 bits per heavy atom. The van der Waals surface area contributed by atoms with Crippen molar-refractivity contribution in [2.75, 3.05) is 24.7 Å². The SMILES string of the molecule is CCOC(=O)C(CCc1ccccc1)N[C@@H](C)C(=O)N1CCC2(SCCS2)C1C(=O)O. The van der Waals surface area contributed by atoms with Crippen molar-refractivity contribution < 1.29 is 24.2 Å². The fourth-order valence-corrected chi connectivity index (χ4v) is 7.63. The molecule has 7 nitrogen and oxygen atoms in total. The number of hydrogen-bond acceptors (Lipinski definition) is 7. The molecule has 9 heteroatoms. The molecule has 2 heterocycles. The fourth-order valence-electron chi connectivity index (χ4n) is 4.20. The maximum atomic E-state index is 13.2. The number of benzene rings is 1. The molecule has 0 radical (unpaired) electrons. The van der Waals surface area contributed by atoms with Crippen molar-refractivity contribution in [1.82, 2.24) is 10.2 Å². The van der Waals surface area contributed by atoms with Crippen LogP contribution in [0.25, 0.3) is 0 Å². The van der Waals surface area contributed by atoms with E-state index >= 15 is 0 Å². The van der Waals surface area contributed by atoms with Crippen LogP contribution in [0.5, 0.6) is 0 Å². The summed E-state index contributed by atoms with van der Waals surface area (Å²) < 4.78 is 4.74. The Labute approximate surface area is 191 Å². The number of carboxylic acid groups (broad SMARTS) is 1. The smallest absolute Gasteiger partial charge is 0.328 e. The molecule has 2 fully saturated rings. The van der Waals surface area contributed by atoms with Gasteiger partial charge in [-0.25, -0.2) is 4.79 Å². The number of nitrogens with zero attached hydrogens (tertiary/aromatic N) is 1. The van der Waals surface area contributed by atoms with Crippen molar-refractivity contribution in [3.63, 3.8) is 0 Å². The van der Waals surface area contributed by atoms with Gasteiger partial charge < -0.3 is 14.7 Å². The molecule has 170 valence electrons. The molecule has 0 bridgehead atoms. The van der Waals surface area contributed by atoms with Gasteiger partial charge in [0.1, 0.15) is 6.04 Å². The number of carboxylic acids is 1. The molecule has 0 saturated carbocycles. The van der Waals surface area contributed by atoms with Gasteiger partial charge in [0.15, 0.2) is 6.04 Å². The molecule has 0 aliphatic carbocycles. The second kappa shape index (κ2) is 10.7. The number of likely N-dealkylation sites (tertiary alicyclic amines) is 1. The van der Waals surface area contributed by atoms with Crippen molar-refractivity contribution in [1.29, 1.82) is 0 Å². The lowest BCUT2D eigenvalue weighted by Gasteiger charge is -2.32. The van der Waals surface area contributed by atoms with E-state index in [-0.39, 0.29) is 12.5 Å². The van der Waals surface area contributed by atoms with Gasteiger partial charge in [-0.15, -0.1) is 23.5 Å². The van der Waals surface area contributed by atoms with Gasteiger partial charge >= 0.3 is 11.9 Å². The molecule has 31 heavy (non-hydrogen) atoms. The van der Waals surface area contributed by atoms with Gasteiger partial charge in [0.25, 0.3) is 0 Å². The number of hydrogen-bond donors (Lipinski definition) is 2. The zero-order valence-electron chi connectivity index (χ0n) is 17.9. The number of esters is 1. The molecule has 3 rings (SSSR count). The van der Waals surface area contributed by atoms with Crippen LogP contribution in [-0.4, -0.2) is 74.7 Å². The molecule has 2 aliphatic heterocycles. The lowest BCUT2D eigenvalue weighted by Crippen LogP contribution is -2.55. The predicted molar refractivity (Wildman–Crippen MR) is 123 cm³/mol. The first-order valence-corrected chi connectivity index (χ1v) is 12.6. The van der Waals surface area contributed by atoms with Gasteiger partial charge in [-0.1, -0.05) is 30.3 Å². The van der Waals surface area contributed by atoms with Crippen LogP contribution < -0.4 is 5.32 Å². The topological polar surface area (TPSA) is 95.9 Å². The molecule has 2 saturated heterocycles. The largest absolute Gasteiger partial charge is 0.480 e. The third-order valence-corrected chi connectivity index (χ3v) is 9.29. The van der Waals surface area contributed by atoms with Crippen LogP contribution in [0.4, 0.5) is 0 Å². The van der Waals surface area contributed by atoms with Gasteiger partial charge in [-0.2, -0.15) is 0 Å². The third kappa shape index (κ3) is 5.56. The quantitative estimate of drug-likeness (QED) is 0.536. The van der Waals surface area contributed by atoms with E-state index in [4.69, 9.17) is 4.74 Å². The summed E-state index contributed by atoms with van der Waals surface area (Å²) in [5, 5.41) is 13.0. The zero-order valence-corrected chi connectivity index (χ0v) is 19.5. The predicted octanol–water partition coefficient (Wildman–Crippen LogP) is 2.39. The van der Waals surface area contributed by atoms with E-state index in [1.165, 1.54) is 4.90 Å². The van der Waals surface area contributed by atoms with E-state index in [1.54, 1.807) is 37.4 Å². The summed E-state index contributed by atoms with van der Waals surface area (Å²) in [6, 6.07) is 7.63. The Kier molecular flexibility index (Phi) is 8.30. The van der Waals surface area contributed by atoms with Crippen molar-refractivity contribution in [3.05, 3.63) is 35.9 Å². The summed E-state index contributed by atoms with van der Waals surface area (Å²) in [7, 11) is 0. The zero-order chi connectivity index (χ0) is 22.4. The number of thioether (sulfide) groups is 2. The number of aliphatic carboxylic acids is 1. The number of aryl methyl sites for hydroxylation is 1. The lowest BCUT2D eigenvalue weighted by molar-refractivity contribution is -0.150. The molecule has 1 spiro atoms. The second-order valence-electron chi connectivity index (χ2n) is 7.75. The molecule has 1 aromatic carbocycles. The monoisotopic (exact) mass is 466 g/mol. The Hall–Kier alpha value is -1.71. The highest BCUT2D eigenvalue weighted by Gasteiger charge is 2.56. The minimum absolute atomic E-state index is 0.259. The number of carbonyl (C=O) groups excluding carboxylic acids is 2. The van der Waals surface area contributed by atoms with E-state index in [2.05, 4.69) is 5.32 Å². The van der Waals surface area contributed by atoms with Crippen LogP contribution in [0.1, 0.15) is 32.3 Å². The first-order valence-electron chi connectivity index (χ1n) is 10.7. The summed E-state index contributed by atoms with van der Waals surface area (Å²) in [4.78, 5) is 39.3. The van der Waals surface area contributed by atoms with Crippen LogP contribution in [0.15, 0.2) is 30.3 Å². The number of rotatable bonds is 9. The molecule has 0 aromatic heterocycles. The van der Waals surface area contributed by atoms with Gasteiger partial charge in [0.2, 0.25) is 5.91 Å². The summed E-state index contributed by atoms with van der Waals surface area (Å²) in [6.07, 6.45) is 1.81. The average molecular weight is 467 g/mol. The first-order chi connectivity index (χ1) is 14.9. The Morgan fingerprint density at radius 1 is 1.26 bits per heavy atom.